The third-order valence-electron chi connectivity index (χ3n) is 2.49. The van der Waals surface area contributed by atoms with Crippen molar-refractivity contribution in [3.8, 4) is 0 Å². The number of carbonyl (C=O) groups excluding carboxylic acids is 1. The lowest BCUT2D eigenvalue weighted by atomic mass is 10.1. The number of alkyl halides is 2. The number of rotatable bonds is 3. The molecular weight excluding hydrogens is 176 g/mol. The lowest BCUT2D eigenvalue weighted by molar-refractivity contribution is -0.123. The first-order valence-corrected chi connectivity index (χ1v) is 4.64. The molecule has 1 aliphatic heterocycles. The Balaban J connectivity index is 2.69. The second kappa shape index (κ2) is 3.70. The highest BCUT2D eigenvalue weighted by Crippen LogP contribution is 2.32. The smallest absolute Gasteiger partial charge is 0.262 e. The molecule has 0 radical (unpaired) electrons. The maximum Gasteiger partial charge on any atom is 0.262 e. The van der Waals surface area contributed by atoms with E-state index in [4.69, 9.17) is 0 Å². The van der Waals surface area contributed by atoms with Crippen LogP contribution in [-0.4, -0.2) is 35.7 Å². The van der Waals surface area contributed by atoms with E-state index in [1.807, 2.05) is 0 Å². The summed E-state index contributed by atoms with van der Waals surface area (Å²) in [6.07, 6.45) is 0.0464. The Morgan fingerprint density at radius 2 is 2.15 bits per heavy atom. The second-order valence-electron chi connectivity index (χ2n) is 3.46. The fourth-order valence-corrected chi connectivity index (χ4v) is 1.77. The van der Waals surface area contributed by atoms with Gasteiger partial charge in [-0.05, 0) is 6.54 Å². The topological polar surface area (TPSA) is 20.3 Å². The van der Waals surface area contributed by atoms with Gasteiger partial charge in [0.25, 0.3) is 5.92 Å². The normalized spacial score (nSPS) is 27.8. The molecule has 0 aromatic carbocycles. The first-order chi connectivity index (χ1) is 6.00. The highest BCUT2D eigenvalue weighted by atomic mass is 19.3. The van der Waals surface area contributed by atoms with Crippen LogP contribution in [0.5, 0.6) is 0 Å². The molecule has 1 heterocycles. The minimum Gasteiger partial charge on any atom is -0.298 e. The van der Waals surface area contributed by atoms with Crippen LogP contribution in [0, 0.1) is 0 Å². The van der Waals surface area contributed by atoms with Gasteiger partial charge < -0.3 is 0 Å². The van der Waals surface area contributed by atoms with E-state index in [-0.39, 0.29) is 18.7 Å². The number of Topliss-reactive ketones (excluding diaryl/α,β-unsaturated/α-hetero) is 1. The zero-order valence-corrected chi connectivity index (χ0v) is 8.02. The lowest BCUT2D eigenvalue weighted by Gasteiger charge is -2.19. The molecule has 0 N–H and O–H groups in total. The minimum atomic E-state index is -2.68. The molecule has 1 fully saturated rings. The Morgan fingerprint density at radius 1 is 1.54 bits per heavy atom. The Hall–Kier alpha value is -0.510. The van der Waals surface area contributed by atoms with Crippen LogP contribution in [-0.2, 0) is 4.79 Å². The Bertz CT molecular complexity index is 206. The van der Waals surface area contributed by atoms with Crippen molar-refractivity contribution in [2.45, 2.75) is 38.7 Å². The number of hydrogen-bond donors (Lipinski definition) is 0. The van der Waals surface area contributed by atoms with Crippen LogP contribution in [0.1, 0.15) is 26.7 Å². The first-order valence-electron chi connectivity index (χ1n) is 4.64. The predicted octanol–water partition coefficient (Wildman–Crippen LogP) is 1.70. The summed E-state index contributed by atoms with van der Waals surface area (Å²) in [5, 5.41) is 0. The van der Waals surface area contributed by atoms with Crippen molar-refractivity contribution < 1.29 is 13.6 Å². The summed E-state index contributed by atoms with van der Waals surface area (Å²) in [4.78, 5) is 12.9. The van der Waals surface area contributed by atoms with Gasteiger partial charge in [0.2, 0.25) is 0 Å². The van der Waals surface area contributed by atoms with Gasteiger partial charge in [0.15, 0.2) is 0 Å². The number of likely N-dealkylation sites (N-methyl/N-ethyl adjacent to an activating group) is 1. The zero-order chi connectivity index (χ0) is 10.1. The molecule has 1 aliphatic rings. The SMILES string of the molecule is CCC(=O)C1CC(F)(F)CN1CC. The van der Waals surface area contributed by atoms with Crippen molar-refractivity contribution in [3.05, 3.63) is 0 Å². The third-order valence-corrected chi connectivity index (χ3v) is 2.49. The van der Waals surface area contributed by atoms with Gasteiger partial charge in [0.1, 0.15) is 5.78 Å². The van der Waals surface area contributed by atoms with Crippen molar-refractivity contribution in [2.24, 2.45) is 0 Å². The molecule has 2 nitrogen and oxygen atoms in total. The monoisotopic (exact) mass is 191 g/mol. The third kappa shape index (κ3) is 2.24. The largest absolute Gasteiger partial charge is 0.298 e. The molecule has 0 saturated carbocycles. The van der Waals surface area contributed by atoms with E-state index in [1.54, 1.807) is 18.7 Å². The molecule has 0 aromatic heterocycles. The minimum absolute atomic E-state index is 0.0703. The molecule has 0 amide bonds. The molecule has 1 atom stereocenters. The Labute approximate surface area is 76.9 Å². The van der Waals surface area contributed by atoms with E-state index in [0.29, 0.717) is 13.0 Å². The molecule has 1 unspecified atom stereocenters. The number of likely N-dealkylation sites (tertiary alicyclic amines) is 1. The van der Waals surface area contributed by atoms with Gasteiger partial charge in [-0.2, -0.15) is 0 Å². The van der Waals surface area contributed by atoms with Crippen LogP contribution in [0.3, 0.4) is 0 Å². The number of nitrogens with zero attached hydrogens (tertiary/aromatic N) is 1. The van der Waals surface area contributed by atoms with Crippen molar-refractivity contribution in [2.75, 3.05) is 13.1 Å². The summed E-state index contributed by atoms with van der Waals surface area (Å²) in [7, 11) is 0. The first kappa shape index (κ1) is 10.6. The number of ketones is 1. The Morgan fingerprint density at radius 3 is 2.62 bits per heavy atom. The summed E-state index contributed by atoms with van der Waals surface area (Å²) < 4.78 is 25.9. The quantitative estimate of drug-likeness (QED) is 0.676. The Kier molecular flexibility index (Phi) is 3.01. The van der Waals surface area contributed by atoms with E-state index in [2.05, 4.69) is 0 Å². The highest BCUT2D eigenvalue weighted by Gasteiger charge is 2.46. The van der Waals surface area contributed by atoms with Gasteiger partial charge in [0, 0.05) is 12.8 Å². The van der Waals surface area contributed by atoms with Crippen LogP contribution in [0.4, 0.5) is 8.78 Å². The molecule has 0 aliphatic carbocycles. The summed E-state index contributed by atoms with van der Waals surface area (Å²) in [6.45, 7) is 3.77. The van der Waals surface area contributed by atoms with E-state index >= 15 is 0 Å². The van der Waals surface area contributed by atoms with Gasteiger partial charge >= 0.3 is 0 Å². The van der Waals surface area contributed by atoms with Crippen LogP contribution in [0.15, 0.2) is 0 Å². The van der Waals surface area contributed by atoms with E-state index in [1.165, 1.54) is 0 Å². The van der Waals surface area contributed by atoms with Gasteiger partial charge in [0.05, 0.1) is 12.6 Å². The highest BCUT2D eigenvalue weighted by molar-refractivity contribution is 5.84. The maximum absolute atomic E-state index is 12.9. The van der Waals surface area contributed by atoms with E-state index in [9.17, 15) is 13.6 Å². The van der Waals surface area contributed by atoms with E-state index < -0.39 is 12.0 Å². The predicted molar refractivity (Wildman–Crippen MR) is 45.9 cm³/mol. The molecule has 0 spiro atoms. The molecule has 1 saturated heterocycles. The molecule has 1 rings (SSSR count). The van der Waals surface area contributed by atoms with Gasteiger partial charge in [-0.15, -0.1) is 0 Å². The van der Waals surface area contributed by atoms with Gasteiger partial charge in [-0.3, -0.25) is 9.69 Å². The molecule has 0 aromatic rings. The van der Waals surface area contributed by atoms with Crippen LogP contribution >= 0.6 is 0 Å². The molecule has 13 heavy (non-hydrogen) atoms. The molecular formula is C9H15F2NO. The lowest BCUT2D eigenvalue weighted by Crippen LogP contribution is -2.35. The van der Waals surface area contributed by atoms with Gasteiger partial charge in [-0.1, -0.05) is 13.8 Å². The fourth-order valence-electron chi connectivity index (χ4n) is 1.77. The fraction of sp³-hybridized carbons (Fsp3) is 0.889. The van der Waals surface area contributed by atoms with Crippen LogP contribution in [0.25, 0.3) is 0 Å². The summed E-state index contributed by atoms with van der Waals surface area (Å²) in [5.41, 5.74) is 0. The molecule has 76 valence electrons. The van der Waals surface area contributed by atoms with Crippen LogP contribution in [0.2, 0.25) is 0 Å². The molecule has 0 bridgehead atoms. The van der Waals surface area contributed by atoms with Crippen LogP contribution < -0.4 is 0 Å². The second-order valence-corrected chi connectivity index (χ2v) is 3.46. The number of hydrogen-bond acceptors (Lipinski definition) is 2. The number of halogens is 2. The molecule has 4 heteroatoms. The van der Waals surface area contributed by atoms with E-state index in [0.717, 1.165) is 0 Å². The van der Waals surface area contributed by atoms with Crippen molar-refractivity contribution in [3.63, 3.8) is 0 Å². The van der Waals surface area contributed by atoms with Gasteiger partial charge in [-0.25, -0.2) is 8.78 Å². The zero-order valence-electron chi connectivity index (χ0n) is 8.02. The van der Waals surface area contributed by atoms with Crippen molar-refractivity contribution >= 4 is 5.78 Å². The number of carbonyl (C=O) groups is 1. The van der Waals surface area contributed by atoms with Crippen molar-refractivity contribution in [1.82, 2.24) is 4.90 Å². The standard InChI is InChI=1S/C9H15F2NO/c1-3-8(13)7-5-9(10,11)6-12(7)4-2/h7H,3-6H2,1-2H3. The maximum atomic E-state index is 12.9. The summed E-state index contributed by atoms with van der Waals surface area (Å²) in [5.74, 6) is -2.75. The average molecular weight is 191 g/mol. The average Bonchev–Trinajstić information content (AvgIpc) is 2.39. The summed E-state index contributed by atoms with van der Waals surface area (Å²) >= 11 is 0. The van der Waals surface area contributed by atoms with Crippen molar-refractivity contribution in [1.29, 1.82) is 0 Å². The summed E-state index contributed by atoms with van der Waals surface area (Å²) in [6, 6.07) is -0.551.